The minimum absolute atomic E-state index is 0.510. The van der Waals surface area contributed by atoms with E-state index in [9.17, 15) is 0 Å². The number of aromatic nitrogens is 1. The van der Waals surface area contributed by atoms with E-state index < -0.39 is 0 Å². The van der Waals surface area contributed by atoms with Crippen LogP contribution in [0, 0.1) is 18.3 Å². The first-order chi connectivity index (χ1) is 6.83. The van der Waals surface area contributed by atoms with Gasteiger partial charge < -0.3 is 5.32 Å². The summed E-state index contributed by atoms with van der Waals surface area (Å²) in [7, 11) is 0. The van der Waals surface area contributed by atoms with E-state index in [0.717, 1.165) is 5.82 Å². The maximum atomic E-state index is 8.29. The largest absolute Gasteiger partial charge is 0.369 e. The molecule has 0 radical (unpaired) electrons. The van der Waals surface area contributed by atoms with Gasteiger partial charge in [0.25, 0.3) is 0 Å². The Morgan fingerprint density at radius 3 is 2.79 bits per heavy atom. The van der Waals surface area contributed by atoms with Gasteiger partial charge in [-0.15, -0.1) is 0 Å². The fourth-order valence-electron chi connectivity index (χ4n) is 0.879. The molecule has 0 aliphatic rings. The number of nitrogens with zero attached hydrogens (tertiary/aromatic N) is 2. The highest BCUT2D eigenvalue weighted by Gasteiger charge is 1.91. The van der Waals surface area contributed by atoms with E-state index >= 15 is 0 Å². The molecular weight excluding hydrogens is 174 g/mol. The lowest BCUT2D eigenvalue weighted by Gasteiger charge is -2.02. The number of nitriles is 1. The van der Waals surface area contributed by atoms with Crippen LogP contribution in [0.5, 0.6) is 0 Å². The predicted octanol–water partition coefficient (Wildman–Crippen LogP) is 2.74. The zero-order valence-corrected chi connectivity index (χ0v) is 9.04. The smallest absolute Gasteiger partial charge is 0.126 e. The van der Waals surface area contributed by atoms with Crippen molar-refractivity contribution in [3.8, 4) is 6.07 Å². The monoisotopic (exact) mass is 191 g/mol. The molecule has 3 heteroatoms. The Morgan fingerprint density at radius 1 is 1.50 bits per heavy atom. The molecule has 0 fully saturated rings. The maximum Gasteiger partial charge on any atom is 0.126 e. The van der Waals surface area contributed by atoms with Crippen molar-refractivity contribution >= 4 is 5.82 Å². The third-order valence-corrected chi connectivity index (χ3v) is 1.46. The SMILES string of the molecule is CC.Cc1ccnc(NCCC#N)c1. The van der Waals surface area contributed by atoms with Gasteiger partial charge >= 0.3 is 0 Å². The third-order valence-electron chi connectivity index (χ3n) is 1.46. The summed E-state index contributed by atoms with van der Waals surface area (Å²) in [5.74, 6) is 0.838. The Labute approximate surface area is 85.8 Å². The summed E-state index contributed by atoms with van der Waals surface area (Å²) in [6.07, 6.45) is 2.26. The van der Waals surface area contributed by atoms with E-state index in [-0.39, 0.29) is 0 Å². The van der Waals surface area contributed by atoms with E-state index in [4.69, 9.17) is 5.26 Å². The minimum atomic E-state index is 0.510. The Bertz CT molecular complexity index is 289. The van der Waals surface area contributed by atoms with Gasteiger partial charge in [-0.05, 0) is 24.6 Å². The van der Waals surface area contributed by atoms with E-state index in [0.29, 0.717) is 13.0 Å². The molecule has 0 saturated carbocycles. The summed E-state index contributed by atoms with van der Waals surface area (Å²) in [6, 6.07) is 5.96. The molecule has 14 heavy (non-hydrogen) atoms. The molecule has 0 aliphatic heterocycles. The molecule has 0 atom stereocenters. The van der Waals surface area contributed by atoms with Crippen molar-refractivity contribution in [2.45, 2.75) is 27.2 Å². The van der Waals surface area contributed by atoms with Crippen molar-refractivity contribution in [1.29, 1.82) is 5.26 Å². The maximum absolute atomic E-state index is 8.29. The highest BCUT2D eigenvalue weighted by Crippen LogP contribution is 2.04. The third kappa shape index (κ3) is 5.15. The summed E-state index contributed by atoms with van der Waals surface area (Å²) in [6.45, 7) is 6.67. The van der Waals surface area contributed by atoms with Crippen LogP contribution < -0.4 is 5.32 Å². The highest BCUT2D eigenvalue weighted by molar-refractivity contribution is 5.36. The van der Waals surface area contributed by atoms with Crippen LogP contribution >= 0.6 is 0 Å². The van der Waals surface area contributed by atoms with Gasteiger partial charge in [0, 0.05) is 12.7 Å². The zero-order valence-electron chi connectivity index (χ0n) is 9.04. The Kier molecular flexibility index (Phi) is 7.16. The Balaban J connectivity index is 0.000000791. The molecule has 0 bridgehead atoms. The van der Waals surface area contributed by atoms with E-state index in [1.807, 2.05) is 32.9 Å². The molecule has 76 valence electrons. The lowest BCUT2D eigenvalue weighted by molar-refractivity contribution is 1.05. The number of nitrogens with one attached hydrogen (secondary N) is 1. The van der Waals surface area contributed by atoms with Crippen molar-refractivity contribution in [2.75, 3.05) is 11.9 Å². The molecular formula is C11H17N3. The van der Waals surface area contributed by atoms with Crippen LogP contribution in [-0.2, 0) is 0 Å². The van der Waals surface area contributed by atoms with E-state index in [2.05, 4.69) is 16.4 Å². The summed E-state index contributed by atoms with van der Waals surface area (Å²) >= 11 is 0. The van der Waals surface area contributed by atoms with Gasteiger partial charge in [0.15, 0.2) is 0 Å². The molecule has 0 spiro atoms. The van der Waals surface area contributed by atoms with Gasteiger partial charge in [-0.1, -0.05) is 13.8 Å². The van der Waals surface area contributed by atoms with Crippen molar-refractivity contribution in [3.63, 3.8) is 0 Å². The number of hydrogen-bond acceptors (Lipinski definition) is 3. The Morgan fingerprint density at radius 2 is 2.21 bits per heavy atom. The van der Waals surface area contributed by atoms with Crippen molar-refractivity contribution in [2.24, 2.45) is 0 Å². The minimum Gasteiger partial charge on any atom is -0.369 e. The molecule has 0 aromatic carbocycles. The van der Waals surface area contributed by atoms with E-state index in [1.165, 1.54) is 5.56 Å². The molecule has 1 aromatic rings. The predicted molar refractivity (Wildman–Crippen MR) is 59.0 cm³/mol. The fourth-order valence-corrected chi connectivity index (χ4v) is 0.879. The summed E-state index contributed by atoms with van der Waals surface area (Å²) in [5, 5.41) is 11.3. The number of anilines is 1. The first-order valence-corrected chi connectivity index (χ1v) is 4.86. The number of rotatable bonds is 3. The van der Waals surface area contributed by atoms with Gasteiger partial charge in [-0.25, -0.2) is 4.98 Å². The Hall–Kier alpha value is -1.56. The molecule has 1 heterocycles. The van der Waals surface area contributed by atoms with E-state index in [1.54, 1.807) is 6.20 Å². The summed E-state index contributed by atoms with van der Waals surface area (Å²) in [5.41, 5.74) is 1.17. The lowest BCUT2D eigenvalue weighted by Crippen LogP contribution is -2.01. The highest BCUT2D eigenvalue weighted by atomic mass is 15.0. The van der Waals surface area contributed by atoms with Crippen molar-refractivity contribution in [1.82, 2.24) is 4.98 Å². The second-order valence-corrected chi connectivity index (χ2v) is 2.55. The van der Waals surface area contributed by atoms with Crippen LogP contribution in [0.3, 0.4) is 0 Å². The number of hydrogen-bond donors (Lipinski definition) is 1. The molecule has 1 N–H and O–H groups in total. The van der Waals surface area contributed by atoms with Crippen molar-refractivity contribution < 1.29 is 0 Å². The average molecular weight is 191 g/mol. The van der Waals surface area contributed by atoms with Gasteiger partial charge in [-0.3, -0.25) is 0 Å². The average Bonchev–Trinajstić information content (AvgIpc) is 2.21. The van der Waals surface area contributed by atoms with Gasteiger partial charge in [0.2, 0.25) is 0 Å². The molecule has 1 aromatic heterocycles. The van der Waals surface area contributed by atoms with Gasteiger partial charge in [0.1, 0.15) is 5.82 Å². The summed E-state index contributed by atoms with van der Waals surface area (Å²) < 4.78 is 0. The van der Waals surface area contributed by atoms with Crippen molar-refractivity contribution in [3.05, 3.63) is 23.9 Å². The number of pyridine rings is 1. The summed E-state index contributed by atoms with van der Waals surface area (Å²) in [4.78, 5) is 4.09. The quantitative estimate of drug-likeness (QED) is 0.747. The first-order valence-electron chi connectivity index (χ1n) is 4.86. The van der Waals surface area contributed by atoms with Crippen LogP contribution in [0.4, 0.5) is 5.82 Å². The topological polar surface area (TPSA) is 48.7 Å². The van der Waals surface area contributed by atoms with Crippen LogP contribution in [0.1, 0.15) is 25.8 Å². The van der Waals surface area contributed by atoms with Crippen LogP contribution in [0.25, 0.3) is 0 Å². The number of aryl methyl sites for hydroxylation is 1. The molecule has 0 saturated heterocycles. The molecule has 0 aliphatic carbocycles. The second kappa shape index (κ2) is 8.06. The standard InChI is InChI=1S/C9H11N3.C2H6/c1-8-3-6-12-9(7-8)11-5-2-4-10;1-2/h3,6-7H,2,5H2,1H3,(H,11,12);1-2H3. The van der Waals surface area contributed by atoms with Gasteiger partial charge in [0.05, 0.1) is 12.5 Å². The fraction of sp³-hybridized carbons (Fsp3) is 0.455. The molecule has 1 rings (SSSR count). The second-order valence-electron chi connectivity index (χ2n) is 2.55. The lowest BCUT2D eigenvalue weighted by atomic mass is 10.3. The van der Waals surface area contributed by atoms with Gasteiger partial charge in [-0.2, -0.15) is 5.26 Å². The van der Waals surface area contributed by atoms with Crippen LogP contribution in [0.15, 0.2) is 18.3 Å². The molecule has 3 nitrogen and oxygen atoms in total. The van der Waals surface area contributed by atoms with Crippen LogP contribution in [-0.4, -0.2) is 11.5 Å². The molecule has 0 amide bonds. The zero-order chi connectivity index (χ0) is 10.8. The normalized spacial score (nSPS) is 8.14. The molecule has 0 unspecified atom stereocenters. The first kappa shape index (κ1) is 12.4. The van der Waals surface area contributed by atoms with Crippen LogP contribution in [0.2, 0.25) is 0 Å².